The van der Waals surface area contributed by atoms with Gasteiger partial charge in [-0.1, -0.05) is 140 Å². The topological polar surface area (TPSA) is 6.48 Å². The highest BCUT2D eigenvalue weighted by Crippen LogP contribution is 2.51. The van der Waals surface area contributed by atoms with E-state index in [2.05, 4.69) is 233 Å². The van der Waals surface area contributed by atoms with E-state index in [1.54, 1.807) is 0 Å². The van der Waals surface area contributed by atoms with Gasteiger partial charge in [0.25, 0.3) is 0 Å². The van der Waals surface area contributed by atoms with Crippen LogP contribution in [0.3, 0.4) is 0 Å². The van der Waals surface area contributed by atoms with Gasteiger partial charge in [0.15, 0.2) is 0 Å². The second-order valence-corrected chi connectivity index (χ2v) is 16.5. The quantitative estimate of drug-likeness (QED) is 0.142. The minimum absolute atomic E-state index is 1.11. The smallest absolute Gasteiger partial charge is 0.0561 e. The van der Waals surface area contributed by atoms with Gasteiger partial charge in [0.1, 0.15) is 0 Å². The van der Waals surface area contributed by atoms with E-state index in [0.29, 0.717) is 0 Å². The van der Waals surface area contributed by atoms with Gasteiger partial charge in [0.05, 0.1) is 11.4 Å². The van der Waals surface area contributed by atoms with Gasteiger partial charge in [-0.05, 0) is 156 Å². The highest BCUT2D eigenvalue weighted by molar-refractivity contribution is 6.29. The Kier molecular flexibility index (Phi) is 9.22. The summed E-state index contributed by atoms with van der Waals surface area (Å²) in [5.41, 5.74) is 19.3. The molecule has 0 aliphatic rings. The molecule has 10 aromatic rings. The van der Waals surface area contributed by atoms with Gasteiger partial charge in [-0.3, -0.25) is 0 Å². The Balaban J connectivity index is 1.33. The fourth-order valence-electron chi connectivity index (χ4n) is 9.69. The molecule has 10 aromatic carbocycles. The fraction of sp³-hybridized carbons (Fsp3) is 0.103. The first-order chi connectivity index (χ1) is 29.3. The molecule has 0 saturated carbocycles. The van der Waals surface area contributed by atoms with Crippen molar-refractivity contribution < 1.29 is 0 Å². The number of nitrogens with zero attached hydrogens (tertiary/aromatic N) is 2. The Morgan fingerprint density at radius 2 is 0.683 bits per heavy atom. The Hall–Kier alpha value is -7.16. The third kappa shape index (κ3) is 6.19. The van der Waals surface area contributed by atoms with Gasteiger partial charge < -0.3 is 9.80 Å². The minimum Gasteiger partial charge on any atom is -0.310 e. The summed E-state index contributed by atoms with van der Waals surface area (Å²) in [4.78, 5) is 5.01. The van der Waals surface area contributed by atoms with Crippen LogP contribution in [0.2, 0.25) is 0 Å². The summed E-state index contributed by atoms with van der Waals surface area (Å²) in [6.07, 6.45) is 0. The molecular weight excluding hydrogens is 725 g/mol. The maximum Gasteiger partial charge on any atom is 0.0561 e. The van der Waals surface area contributed by atoms with Gasteiger partial charge in [-0.25, -0.2) is 0 Å². The molecule has 60 heavy (non-hydrogen) atoms. The number of hydrogen-bond acceptors (Lipinski definition) is 2. The third-order valence-corrected chi connectivity index (χ3v) is 12.6. The summed E-state index contributed by atoms with van der Waals surface area (Å²) in [5.74, 6) is 0. The van der Waals surface area contributed by atoms with Crippen molar-refractivity contribution in [3.63, 3.8) is 0 Å². The Bertz CT molecular complexity index is 2970. The average molecular weight is 773 g/mol. The summed E-state index contributed by atoms with van der Waals surface area (Å²) in [5, 5.41) is 7.48. The van der Waals surface area contributed by atoms with E-state index in [0.717, 1.165) is 34.1 Å². The molecule has 0 N–H and O–H groups in total. The van der Waals surface area contributed by atoms with Crippen LogP contribution in [0, 0.1) is 41.5 Å². The molecule has 0 aliphatic carbocycles. The monoisotopic (exact) mass is 772 g/mol. The van der Waals surface area contributed by atoms with Crippen molar-refractivity contribution in [1.82, 2.24) is 0 Å². The molecule has 0 radical (unpaired) electrons. The van der Waals surface area contributed by atoms with E-state index in [-0.39, 0.29) is 0 Å². The maximum absolute atomic E-state index is 2.50. The van der Waals surface area contributed by atoms with E-state index >= 15 is 0 Å². The maximum atomic E-state index is 2.50. The lowest BCUT2D eigenvalue weighted by Crippen LogP contribution is -2.16. The zero-order chi connectivity index (χ0) is 41.1. The molecule has 0 bridgehead atoms. The Morgan fingerprint density at radius 3 is 1.10 bits per heavy atom. The second-order valence-electron chi connectivity index (χ2n) is 16.5. The van der Waals surface area contributed by atoms with Crippen molar-refractivity contribution in [2.24, 2.45) is 0 Å². The van der Waals surface area contributed by atoms with E-state index in [4.69, 9.17) is 0 Å². The predicted octanol–water partition coefficient (Wildman–Crippen LogP) is 16.7. The molecule has 0 unspecified atom stereocenters. The van der Waals surface area contributed by atoms with Gasteiger partial charge in [-0.2, -0.15) is 0 Å². The van der Waals surface area contributed by atoms with Crippen LogP contribution in [0.4, 0.5) is 34.1 Å². The van der Waals surface area contributed by atoms with Crippen LogP contribution >= 0.6 is 0 Å². The highest BCUT2D eigenvalue weighted by atomic mass is 15.2. The summed E-state index contributed by atoms with van der Waals surface area (Å²) in [7, 11) is 0. The molecule has 290 valence electrons. The normalized spacial score (nSPS) is 11.5. The largest absolute Gasteiger partial charge is 0.310 e. The predicted molar refractivity (Wildman–Crippen MR) is 259 cm³/mol. The molecule has 0 amide bonds. The van der Waals surface area contributed by atoms with Crippen molar-refractivity contribution in [3.05, 3.63) is 215 Å². The first-order valence-electron chi connectivity index (χ1n) is 21.0. The van der Waals surface area contributed by atoms with E-state index in [9.17, 15) is 0 Å². The first kappa shape index (κ1) is 37.1. The van der Waals surface area contributed by atoms with Crippen molar-refractivity contribution in [2.45, 2.75) is 41.5 Å². The number of para-hydroxylation sites is 2. The average Bonchev–Trinajstić information content (AvgIpc) is 3.26. The Morgan fingerprint density at radius 1 is 0.283 bits per heavy atom. The molecule has 0 heterocycles. The standard InChI is InChI=1S/C58H48N2/c1-37-26-28-45(55-39(3)16-13-17-40(55)4)34-51(37)59(47-22-9-7-10-23-47)53-36-54(50-33-31-44-21-15-20-43-30-32-49(53)58(50)57(43)44)60(48-24-11-8-12-25-48)52-35-46(29-27-38(52)2)56-41(5)18-14-19-42(56)6/h7-36H,1-6H3. The van der Waals surface area contributed by atoms with Crippen LogP contribution in [0.1, 0.15) is 33.4 Å². The number of anilines is 6. The lowest BCUT2D eigenvalue weighted by atomic mass is 9.90. The summed E-state index contributed by atoms with van der Waals surface area (Å²) < 4.78 is 0. The molecule has 0 aliphatic heterocycles. The van der Waals surface area contributed by atoms with Crippen LogP contribution in [0.15, 0.2) is 182 Å². The molecule has 0 saturated heterocycles. The zero-order valence-corrected chi connectivity index (χ0v) is 35.2. The molecule has 0 fully saturated rings. The first-order valence-corrected chi connectivity index (χ1v) is 21.0. The second kappa shape index (κ2) is 14.9. The summed E-state index contributed by atoms with van der Waals surface area (Å²) in [6.45, 7) is 13.4. The molecular formula is C58H48N2. The molecule has 2 heteroatoms. The van der Waals surface area contributed by atoms with Gasteiger partial charge in [-0.15, -0.1) is 0 Å². The van der Waals surface area contributed by atoms with Crippen molar-refractivity contribution in [2.75, 3.05) is 9.80 Å². The van der Waals surface area contributed by atoms with E-state index in [1.807, 2.05) is 0 Å². The van der Waals surface area contributed by atoms with Crippen LogP contribution in [-0.4, -0.2) is 0 Å². The van der Waals surface area contributed by atoms with Crippen LogP contribution < -0.4 is 9.80 Å². The van der Waals surface area contributed by atoms with Gasteiger partial charge in [0.2, 0.25) is 0 Å². The van der Waals surface area contributed by atoms with Crippen molar-refractivity contribution >= 4 is 66.4 Å². The summed E-state index contributed by atoms with van der Waals surface area (Å²) in [6, 6.07) is 67.5. The third-order valence-electron chi connectivity index (χ3n) is 12.6. The van der Waals surface area contributed by atoms with Gasteiger partial charge in [0, 0.05) is 38.9 Å². The molecule has 10 rings (SSSR count). The van der Waals surface area contributed by atoms with E-state index < -0.39 is 0 Å². The molecule has 0 aromatic heterocycles. The summed E-state index contributed by atoms with van der Waals surface area (Å²) >= 11 is 0. The SMILES string of the molecule is Cc1ccc(-c2c(C)cccc2C)cc1N(c1ccccc1)c1cc(N(c2ccccc2)c2cc(-c3c(C)cccc3C)ccc2C)c2ccc3cccc4ccc1c2c43. The van der Waals surface area contributed by atoms with Crippen molar-refractivity contribution in [1.29, 1.82) is 0 Å². The molecule has 0 atom stereocenters. The van der Waals surface area contributed by atoms with Gasteiger partial charge >= 0.3 is 0 Å². The number of rotatable bonds is 8. The van der Waals surface area contributed by atoms with Crippen molar-refractivity contribution in [3.8, 4) is 22.3 Å². The fourth-order valence-corrected chi connectivity index (χ4v) is 9.69. The molecule has 0 spiro atoms. The highest BCUT2D eigenvalue weighted by Gasteiger charge is 2.26. The minimum atomic E-state index is 1.11. The zero-order valence-electron chi connectivity index (χ0n) is 35.2. The van der Waals surface area contributed by atoms with Crippen LogP contribution in [0.25, 0.3) is 54.6 Å². The Labute approximate surface area is 354 Å². The number of aryl methyl sites for hydroxylation is 6. The van der Waals surface area contributed by atoms with Crippen LogP contribution in [-0.2, 0) is 0 Å². The lowest BCUT2D eigenvalue weighted by molar-refractivity contribution is 1.24. The molecule has 2 nitrogen and oxygen atoms in total. The van der Waals surface area contributed by atoms with Crippen LogP contribution in [0.5, 0.6) is 0 Å². The number of benzene rings is 10. The number of hydrogen-bond donors (Lipinski definition) is 0. The van der Waals surface area contributed by atoms with E-state index in [1.165, 1.54) is 88.0 Å². The lowest BCUT2D eigenvalue weighted by Gasteiger charge is -2.34.